The van der Waals surface area contributed by atoms with Crippen LogP contribution in [-0.4, -0.2) is 89.7 Å². The molecule has 4 heterocycles. The predicted octanol–water partition coefficient (Wildman–Crippen LogP) is -0.0613. The van der Waals surface area contributed by atoms with E-state index in [2.05, 4.69) is 24.8 Å². The number of imidazole rings is 1. The molecule has 2 aliphatic rings. The van der Waals surface area contributed by atoms with E-state index in [9.17, 15) is 4.79 Å². The number of hydrogen-bond acceptors (Lipinski definition) is 6. The van der Waals surface area contributed by atoms with Crippen LogP contribution in [-0.2, 0) is 9.53 Å². The van der Waals surface area contributed by atoms with Crippen LogP contribution < -0.4 is 4.90 Å². The number of amides is 1. The Morgan fingerprint density at radius 2 is 1.92 bits per heavy atom. The molecule has 8 heteroatoms. The summed E-state index contributed by atoms with van der Waals surface area (Å²) in [6.45, 7) is 6.65. The summed E-state index contributed by atoms with van der Waals surface area (Å²) in [7, 11) is 0. The summed E-state index contributed by atoms with van der Waals surface area (Å²) in [5.74, 6) is 1.13. The Morgan fingerprint density at radius 1 is 1.12 bits per heavy atom. The van der Waals surface area contributed by atoms with E-state index < -0.39 is 0 Å². The Kier molecular flexibility index (Phi) is 4.31. The van der Waals surface area contributed by atoms with Crippen molar-refractivity contribution >= 4 is 22.8 Å². The molecule has 2 aromatic rings. The first kappa shape index (κ1) is 15.3. The lowest BCUT2D eigenvalue weighted by Gasteiger charge is -2.36. The summed E-state index contributed by atoms with van der Waals surface area (Å²) in [4.78, 5) is 30.7. The van der Waals surface area contributed by atoms with Gasteiger partial charge in [-0.25, -0.2) is 9.97 Å². The van der Waals surface area contributed by atoms with Gasteiger partial charge in [0.15, 0.2) is 5.82 Å². The molecule has 0 radical (unpaired) electrons. The van der Waals surface area contributed by atoms with E-state index in [4.69, 9.17) is 4.74 Å². The second-order valence-corrected chi connectivity index (χ2v) is 6.19. The van der Waals surface area contributed by atoms with E-state index in [1.54, 1.807) is 6.33 Å². The Morgan fingerprint density at radius 3 is 2.71 bits per heavy atom. The number of nitrogens with zero attached hydrogens (tertiary/aromatic N) is 5. The van der Waals surface area contributed by atoms with Gasteiger partial charge in [0.05, 0.1) is 31.6 Å². The molecular formula is C16H22N6O2. The third-order valence-corrected chi connectivity index (χ3v) is 4.71. The average Bonchev–Trinajstić information content (AvgIpc) is 3.12. The van der Waals surface area contributed by atoms with E-state index in [1.165, 1.54) is 0 Å². The molecule has 128 valence electrons. The third kappa shape index (κ3) is 3.07. The number of anilines is 1. The summed E-state index contributed by atoms with van der Waals surface area (Å²) < 4.78 is 5.30. The molecule has 2 fully saturated rings. The van der Waals surface area contributed by atoms with Crippen LogP contribution in [0.1, 0.15) is 0 Å². The first-order chi connectivity index (χ1) is 11.8. The zero-order valence-corrected chi connectivity index (χ0v) is 13.6. The zero-order chi connectivity index (χ0) is 16.4. The van der Waals surface area contributed by atoms with Gasteiger partial charge in [-0.15, -0.1) is 0 Å². The van der Waals surface area contributed by atoms with Crippen molar-refractivity contribution in [2.24, 2.45) is 0 Å². The number of rotatable bonds is 3. The Labute approximate surface area is 140 Å². The van der Waals surface area contributed by atoms with Gasteiger partial charge in [-0.2, -0.15) is 0 Å². The largest absolute Gasteiger partial charge is 0.378 e. The molecule has 2 aliphatic heterocycles. The van der Waals surface area contributed by atoms with Crippen molar-refractivity contribution < 1.29 is 9.53 Å². The summed E-state index contributed by atoms with van der Waals surface area (Å²) >= 11 is 0. The number of fused-ring (bicyclic) bond motifs is 1. The van der Waals surface area contributed by atoms with Gasteiger partial charge in [-0.05, 0) is 6.07 Å². The Balaban J connectivity index is 1.35. The highest BCUT2D eigenvalue weighted by Gasteiger charge is 2.24. The Bertz CT molecular complexity index is 703. The maximum atomic E-state index is 12.3. The Hall–Kier alpha value is -2.19. The number of carbonyl (C=O) groups excluding carboxylic acids is 1. The van der Waals surface area contributed by atoms with Gasteiger partial charge < -0.3 is 19.5 Å². The number of nitrogens with one attached hydrogen (secondary N) is 1. The quantitative estimate of drug-likeness (QED) is 0.849. The molecule has 2 saturated heterocycles. The number of pyridine rings is 1. The number of hydrogen-bond donors (Lipinski definition) is 1. The van der Waals surface area contributed by atoms with E-state index in [1.807, 2.05) is 17.2 Å². The zero-order valence-electron chi connectivity index (χ0n) is 13.6. The fourth-order valence-electron chi connectivity index (χ4n) is 3.31. The van der Waals surface area contributed by atoms with E-state index in [0.717, 1.165) is 43.0 Å². The van der Waals surface area contributed by atoms with E-state index >= 15 is 0 Å². The minimum Gasteiger partial charge on any atom is -0.378 e. The van der Waals surface area contributed by atoms with Crippen molar-refractivity contribution in [3.05, 3.63) is 18.6 Å². The molecule has 8 nitrogen and oxygen atoms in total. The number of carbonyl (C=O) groups is 1. The smallest absolute Gasteiger partial charge is 0.236 e. The van der Waals surface area contributed by atoms with Crippen LogP contribution in [0.15, 0.2) is 18.6 Å². The number of morpholine rings is 1. The van der Waals surface area contributed by atoms with Gasteiger partial charge in [0, 0.05) is 45.5 Å². The summed E-state index contributed by atoms with van der Waals surface area (Å²) in [5.41, 5.74) is 1.92. The molecule has 0 aliphatic carbocycles. The monoisotopic (exact) mass is 330 g/mol. The van der Waals surface area contributed by atoms with Gasteiger partial charge in [0.25, 0.3) is 0 Å². The molecule has 1 N–H and O–H groups in total. The van der Waals surface area contributed by atoms with Crippen LogP contribution in [0.5, 0.6) is 0 Å². The molecule has 1 amide bonds. The topological polar surface area (TPSA) is 77.6 Å². The van der Waals surface area contributed by atoms with Crippen molar-refractivity contribution in [3.8, 4) is 0 Å². The molecular weight excluding hydrogens is 308 g/mol. The van der Waals surface area contributed by atoms with E-state index in [-0.39, 0.29) is 5.91 Å². The number of piperazine rings is 1. The molecule has 24 heavy (non-hydrogen) atoms. The van der Waals surface area contributed by atoms with Crippen molar-refractivity contribution in [2.75, 3.05) is 63.9 Å². The predicted molar refractivity (Wildman–Crippen MR) is 89.9 cm³/mol. The fraction of sp³-hybridized carbons (Fsp3) is 0.562. The summed E-state index contributed by atoms with van der Waals surface area (Å²) in [6, 6.07) is 1.93. The number of aromatic nitrogens is 3. The van der Waals surface area contributed by atoms with Crippen LogP contribution in [0.4, 0.5) is 5.82 Å². The van der Waals surface area contributed by atoms with Crippen molar-refractivity contribution in [3.63, 3.8) is 0 Å². The van der Waals surface area contributed by atoms with Gasteiger partial charge in [0.1, 0.15) is 5.52 Å². The lowest BCUT2D eigenvalue weighted by atomic mass is 10.2. The molecule has 2 aromatic heterocycles. The first-order valence-corrected chi connectivity index (χ1v) is 8.42. The van der Waals surface area contributed by atoms with Crippen LogP contribution in [0, 0.1) is 0 Å². The molecule has 0 atom stereocenters. The number of ether oxygens (including phenoxy) is 1. The van der Waals surface area contributed by atoms with Gasteiger partial charge >= 0.3 is 0 Å². The summed E-state index contributed by atoms with van der Waals surface area (Å²) in [5, 5.41) is 0. The van der Waals surface area contributed by atoms with E-state index in [0.29, 0.717) is 32.8 Å². The lowest BCUT2D eigenvalue weighted by molar-refractivity contribution is -0.136. The van der Waals surface area contributed by atoms with Crippen LogP contribution in [0.25, 0.3) is 11.0 Å². The van der Waals surface area contributed by atoms with Crippen molar-refractivity contribution in [1.29, 1.82) is 0 Å². The standard InChI is InChI=1S/C16H22N6O2/c23-14(21-7-9-24-10-8-21)11-20-3-5-22(6-4-20)16-15-13(1-2-17-16)18-12-19-15/h1-2,12H,3-11H2,(H,18,19). The lowest BCUT2D eigenvalue weighted by Crippen LogP contribution is -2.51. The molecule has 0 spiro atoms. The van der Waals surface area contributed by atoms with Gasteiger partial charge in [0.2, 0.25) is 5.91 Å². The first-order valence-electron chi connectivity index (χ1n) is 8.42. The minimum absolute atomic E-state index is 0.208. The second kappa shape index (κ2) is 6.74. The SMILES string of the molecule is O=C(CN1CCN(c2nccc3[nH]cnc23)CC1)N1CCOCC1. The minimum atomic E-state index is 0.208. The van der Waals surface area contributed by atoms with Crippen molar-refractivity contribution in [2.45, 2.75) is 0 Å². The molecule has 0 saturated carbocycles. The highest BCUT2D eigenvalue weighted by Crippen LogP contribution is 2.22. The second-order valence-electron chi connectivity index (χ2n) is 6.19. The van der Waals surface area contributed by atoms with Crippen LogP contribution in [0.2, 0.25) is 0 Å². The highest BCUT2D eigenvalue weighted by atomic mass is 16.5. The molecule has 0 aromatic carbocycles. The highest BCUT2D eigenvalue weighted by molar-refractivity contribution is 5.85. The van der Waals surface area contributed by atoms with Gasteiger partial charge in [-0.3, -0.25) is 9.69 Å². The normalized spacial score (nSPS) is 19.8. The fourth-order valence-corrected chi connectivity index (χ4v) is 3.31. The maximum Gasteiger partial charge on any atom is 0.236 e. The summed E-state index contributed by atoms with van der Waals surface area (Å²) in [6.07, 6.45) is 3.51. The average molecular weight is 330 g/mol. The third-order valence-electron chi connectivity index (χ3n) is 4.71. The number of H-pyrrole nitrogens is 1. The van der Waals surface area contributed by atoms with Crippen LogP contribution in [0.3, 0.4) is 0 Å². The van der Waals surface area contributed by atoms with Crippen molar-refractivity contribution in [1.82, 2.24) is 24.8 Å². The maximum absolute atomic E-state index is 12.3. The molecule has 0 unspecified atom stereocenters. The number of aromatic amines is 1. The molecule has 0 bridgehead atoms. The van der Waals surface area contributed by atoms with Crippen LogP contribution >= 0.6 is 0 Å². The van der Waals surface area contributed by atoms with Gasteiger partial charge in [-0.1, -0.05) is 0 Å². The molecule has 4 rings (SSSR count).